The highest BCUT2D eigenvalue weighted by Gasteiger charge is 2.15. The summed E-state index contributed by atoms with van der Waals surface area (Å²) in [7, 11) is 0. The molecule has 0 fully saturated rings. The number of esters is 2. The molecule has 0 aliphatic carbocycles. The molecule has 2 aromatic rings. The minimum absolute atomic E-state index is 0.159. The van der Waals surface area contributed by atoms with E-state index in [1.165, 1.54) is 13.8 Å². The van der Waals surface area contributed by atoms with E-state index < -0.39 is 18.0 Å². The van der Waals surface area contributed by atoms with Crippen molar-refractivity contribution in [3.8, 4) is 5.75 Å². The average molecular weight is 312 g/mol. The molecular weight excluding hydrogens is 298 g/mol. The highest BCUT2D eigenvalue weighted by Crippen LogP contribution is 2.19. The molecule has 0 aliphatic heterocycles. The lowest BCUT2D eigenvalue weighted by molar-refractivity contribution is -0.145. The molecular formula is C13H14ClN3O4. The van der Waals surface area contributed by atoms with Gasteiger partial charge in [-0.1, -0.05) is 5.21 Å². The Morgan fingerprint density at radius 3 is 2.71 bits per heavy atom. The predicted octanol–water partition coefficient (Wildman–Crippen LogP) is 1.53. The van der Waals surface area contributed by atoms with E-state index >= 15 is 0 Å². The van der Waals surface area contributed by atoms with Crippen molar-refractivity contribution in [2.75, 3.05) is 5.88 Å². The minimum Gasteiger partial charge on any atom is -0.459 e. The van der Waals surface area contributed by atoms with Crippen LogP contribution >= 0.6 is 11.6 Å². The van der Waals surface area contributed by atoms with Crippen LogP contribution in [0.4, 0.5) is 0 Å². The van der Waals surface area contributed by atoms with Crippen LogP contribution in [-0.2, 0) is 20.9 Å². The fraction of sp³-hybridized carbons (Fsp3) is 0.385. The summed E-state index contributed by atoms with van der Waals surface area (Å²) in [5.74, 6) is -0.246. The molecule has 7 nitrogen and oxygen atoms in total. The molecule has 0 saturated carbocycles. The van der Waals surface area contributed by atoms with Gasteiger partial charge in [0.25, 0.3) is 0 Å². The van der Waals surface area contributed by atoms with E-state index in [9.17, 15) is 9.59 Å². The second-order valence-corrected chi connectivity index (χ2v) is 4.71. The summed E-state index contributed by atoms with van der Waals surface area (Å²) in [6.45, 7) is 2.95. The molecule has 0 N–H and O–H groups in total. The van der Waals surface area contributed by atoms with Gasteiger partial charge in [-0.3, -0.25) is 9.59 Å². The number of alkyl halides is 1. The van der Waals surface area contributed by atoms with E-state index in [0.717, 1.165) is 5.52 Å². The molecule has 0 saturated heterocycles. The summed E-state index contributed by atoms with van der Waals surface area (Å²) in [5, 5.41) is 7.98. The molecule has 1 aromatic heterocycles. The quantitative estimate of drug-likeness (QED) is 0.473. The number of carbonyl (C=O) groups is 2. The number of nitrogens with zero attached hydrogens (tertiary/aromatic N) is 3. The van der Waals surface area contributed by atoms with Gasteiger partial charge in [0.1, 0.15) is 17.4 Å². The number of hydrogen-bond donors (Lipinski definition) is 0. The van der Waals surface area contributed by atoms with Crippen LogP contribution in [0.1, 0.15) is 13.8 Å². The highest BCUT2D eigenvalue weighted by molar-refractivity contribution is 6.18. The largest absolute Gasteiger partial charge is 0.459 e. The van der Waals surface area contributed by atoms with E-state index in [-0.39, 0.29) is 5.88 Å². The van der Waals surface area contributed by atoms with Gasteiger partial charge in [0.05, 0.1) is 17.9 Å². The number of aromatic nitrogens is 3. The van der Waals surface area contributed by atoms with E-state index in [0.29, 0.717) is 17.8 Å². The number of benzene rings is 1. The molecule has 2 rings (SSSR count). The van der Waals surface area contributed by atoms with Crippen molar-refractivity contribution < 1.29 is 19.1 Å². The summed E-state index contributed by atoms with van der Waals surface area (Å²) < 4.78 is 11.6. The zero-order valence-corrected chi connectivity index (χ0v) is 12.3. The predicted molar refractivity (Wildman–Crippen MR) is 75.1 cm³/mol. The SMILES string of the molecule is CC(=O)Oc1ccc2c(c1)nnn2CC(CCl)OC(C)=O. The molecule has 0 spiro atoms. The number of hydrogen-bond acceptors (Lipinski definition) is 6. The van der Waals surface area contributed by atoms with E-state index in [4.69, 9.17) is 21.1 Å². The molecule has 112 valence electrons. The van der Waals surface area contributed by atoms with Crippen LogP contribution in [-0.4, -0.2) is 38.9 Å². The van der Waals surface area contributed by atoms with Gasteiger partial charge in [0, 0.05) is 19.9 Å². The van der Waals surface area contributed by atoms with Crippen LogP contribution < -0.4 is 4.74 Å². The van der Waals surface area contributed by atoms with E-state index in [2.05, 4.69) is 10.3 Å². The summed E-state index contributed by atoms with van der Waals surface area (Å²) in [6.07, 6.45) is -0.484. The smallest absolute Gasteiger partial charge is 0.308 e. The summed E-state index contributed by atoms with van der Waals surface area (Å²) in [6, 6.07) is 4.99. The number of ether oxygens (including phenoxy) is 2. The number of halogens is 1. The van der Waals surface area contributed by atoms with Crippen molar-refractivity contribution in [2.45, 2.75) is 26.5 Å². The summed E-state index contributed by atoms with van der Waals surface area (Å²) in [4.78, 5) is 21.9. The highest BCUT2D eigenvalue weighted by atomic mass is 35.5. The van der Waals surface area contributed by atoms with Crippen LogP contribution in [0.5, 0.6) is 5.75 Å². The maximum atomic E-state index is 11.0. The fourth-order valence-electron chi connectivity index (χ4n) is 1.86. The molecule has 0 radical (unpaired) electrons. The lowest BCUT2D eigenvalue weighted by Crippen LogP contribution is -2.24. The first-order valence-electron chi connectivity index (χ1n) is 6.24. The summed E-state index contributed by atoms with van der Waals surface area (Å²) >= 11 is 5.77. The van der Waals surface area contributed by atoms with Gasteiger partial charge in [0.15, 0.2) is 0 Å². The topological polar surface area (TPSA) is 83.3 Å². The third kappa shape index (κ3) is 3.91. The Hall–Kier alpha value is -2.15. The van der Waals surface area contributed by atoms with Gasteiger partial charge in [-0.15, -0.1) is 16.7 Å². The lowest BCUT2D eigenvalue weighted by atomic mass is 10.3. The Morgan fingerprint density at radius 1 is 1.33 bits per heavy atom. The van der Waals surface area contributed by atoms with Crippen molar-refractivity contribution in [1.29, 1.82) is 0 Å². The molecule has 21 heavy (non-hydrogen) atoms. The first kappa shape index (κ1) is 15.2. The normalized spacial score (nSPS) is 12.1. The molecule has 8 heteroatoms. The molecule has 1 unspecified atom stereocenters. The third-order valence-electron chi connectivity index (χ3n) is 2.63. The van der Waals surface area contributed by atoms with Crippen molar-refractivity contribution in [3.63, 3.8) is 0 Å². The maximum Gasteiger partial charge on any atom is 0.308 e. The maximum absolute atomic E-state index is 11.0. The Labute approximate surface area is 125 Å². The van der Waals surface area contributed by atoms with Gasteiger partial charge < -0.3 is 9.47 Å². The van der Waals surface area contributed by atoms with Crippen molar-refractivity contribution >= 4 is 34.6 Å². The van der Waals surface area contributed by atoms with Gasteiger partial charge in [-0.25, -0.2) is 4.68 Å². The number of rotatable bonds is 5. The zero-order valence-electron chi connectivity index (χ0n) is 11.6. The van der Waals surface area contributed by atoms with Gasteiger partial charge in [-0.05, 0) is 12.1 Å². The Bertz CT molecular complexity index is 670. The van der Waals surface area contributed by atoms with Crippen molar-refractivity contribution in [1.82, 2.24) is 15.0 Å². The molecule has 0 amide bonds. The molecule has 0 bridgehead atoms. The van der Waals surface area contributed by atoms with E-state index in [1.807, 2.05) is 0 Å². The van der Waals surface area contributed by atoms with Crippen LogP contribution in [0.15, 0.2) is 18.2 Å². The Balaban J connectivity index is 2.21. The van der Waals surface area contributed by atoms with Crippen molar-refractivity contribution in [3.05, 3.63) is 18.2 Å². The molecule has 1 aromatic carbocycles. The monoisotopic (exact) mass is 311 g/mol. The minimum atomic E-state index is -0.484. The zero-order chi connectivity index (χ0) is 15.4. The first-order chi connectivity index (χ1) is 9.99. The van der Waals surface area contributed by atoms with Crippen molar-refractivity contribution in [2.24, 2.45) is 0 Å². The molecule has 1 heterocycles. The Kier molecular flexibility index (Phi) is 4.74. The fourth-order valence-corrected chi connectivity index (χ4v) is 2.02. The third-order valence-corrected chi connectivity index (χ3v) is 2.97. The molecule has 0 aliphatic rings. The first-order valence-corrected chi connectivity index (χ1v) is 6.78. The van der Waals surface area contributed by atoms with Gasteiger partial charge in [-0.2, -0.15) is 0 Å². The second kappa shape index (κ2) is 6.53. The van der Waals surface area contributed by atoms with Crippen LogP contribution in [0, 0.1) is 0 Å². The van der Waals surface area contributed by atoms with E-state index in [1.54, 1.807) is 22.9 Å². The summed E-state index contributed by atoms with van der Waals surface area (Å²) in [5.41, 5.74) is 1.30. The van der Waals surface area contributed by atoms with Gasteiger partial charge in [0.2, 0.25) is 0 Å². The molecule has 1 atom stereocenters. The number of carbonyl (C=O) groups excluding carboxylic acids is 2. The van der Waals surface area contributed by atoms with Crippen LogP contribution in [0.25, 0.3) is 11.0 Å². The number of fused-ring (bicyclic) bond motifs is 1. The average Bonchev–Trinajstić information content (AvgIpc) is 2.79. The van der Waals surface area contributed by atoms with Crippen LogP contribution in [0.2, 0.25) is 0 Å². The van der Waals surface area contributed by atoms with Crippen LogP contribution in [0.3, 0.4) is 0 Å². The lowest BCUT2D eigenvalue weighted by Gasteiger charge is -2.14. The standard InChI is InChI=1S/C13H14ClN3O4/c1-8(18)20-10-3-4-13-12(5-10)15-16-17(13)7-11(6-14)21-9(2)19/h3-5,11H,6-7H2,1-2H3. The Morgan fingerprint density at radius 2 is 2.10 bits per heavy atom. The van der Waals surface area contributed by atoms with Gasteiger partial charge >= 0.3 is 11.9 Å². The second-order valence-electron chi connectivity index (χ2n) is 4.40.